The Morgan fingerprint density at radius 3 is 2.32 bits per heavy atom. The second kappa shape index (κ2) is 8.28. The maximum absolute atomic E-state index is 14.1. The van der Waals surface area contributed by atoms with Crippen LogP contribution in [-0.2, 0) is 4.79 Å². The summed E-state index contributed by atoms with van der Waals surface area (Å²) < 4.78 is 0. The average Bonchev–Trinajstić information content (AvgIpc) is 3.32. The fourth-order valence-corrected chi connectivity index (χ4v) is 5.33. The zero-order valence-electron chi connectivity index (χ0n) is 18.0. The number of benzene rings is 2. The van der Waals surface area contributed by atoms with Crippen LogP contribution >= 0.6 is 23.2 Å². The molecule has 34 heavy (non-hydrogen) atoms. The molecule has 8 nitrogen and oxygen atoms in total. The molecule has 0 saturated carbocycles. The van der Waals surface area contributed by atoms with Crippen LogP contribution in [0.1, 0.15) is 17.0 Å². The van der Waals surface area contributed by atoms with Crippen molar-refractivity contribution in [2.75, 3.05) is 29.9 Å². The smallest absolute Gasteiger partial charge is 0.332 e. The molecule has 1 spiro atoms. The molecular weight excluding hydrogens is 475 g/mol. The van der Waals surface area contributed by atoms with Crippen LogP contribution in [0.3, 0.4) is 0 Å². The van der Waals surface area contributed by atoms with Gasteiger partial charge in [-0.3, -0.25) is 4.79 Å². The Labute approximate surface area is 205 Å². The first-order valence-electron chi connectivity index (χ1n) is 10.5. The van der Waals surface area contributed by atoms with Gasteiger partial charge >= 0.3 is 6.03 Å². The number of likely N-dealkylation sites (N-methyl/N-ethyl adjacent to an activating group) is 1. The molecule has 10 heteroatoms. The predicted molar refractivity (Wildman–Crippen MR) is 128 cm³/mol. The lowest BCUT2D eigenvalue weighted by atomic mass is 9.80. The number of imide groups is 1. The monoisotopic (exact) mass is 492 g/mol. The molecule has 2 aromatic carbocycles. The number of amides is 3. The van der Waals surface area contributed by atoms with Crippen LogP contribution in [0.4, 0.5) is 16.4 Å². The Balaban J connectivity index is 1.64. The van der Waals surface area contributed by atoms with Gasteiger partial charge in [-0.25, -0.2) is 19.7 Å². The highest BCUT2D eigenvalue weighted by Gasteiger charge is 2.64. The van der Waals surface area contributed by atoms with Crippen molar-refractivity contribution in [2.24, 2.45) is 0 Å². The SMILES string of the molecule is CN1C(=O)N(c2cc(Cl)cc(Cl)c2)C(=O)[C@]12CN(c1ncccn1)C[C@@H]2c1ccc(C#N)cc1. The van der Waals surface area contributed by atoms with Gasteiger partial charge in [0.25, 0.3) is 5.91 Å². The maximum Gasteiger partial charge on any atom is 0.332 e. The number of urea groups is 1. The lowest BCUT2D eigenvalue weighted by molar-refractivity contribution is -0.124. The largest absolute Gasteiger partial charge is 0.337 e. The van der Waals surface area contributed by atoms with Gasteiger partial charge in [0.05, 0.1) is 23.9 Å². The van der Waals surface area contributed by atoms with Crippen molar-refractivity contribution in [3.8, 4) is 6.07 Å². The van der Waals surface area contributed by atoms with Gasteiger partial charge in [0.1, 0.15) is 5.54 Å². The number of carbonyl (C=O) groups excluding carboxylic acids is 2. The molecule has 0 N–H and O–H groups in total. The third-order valence-corrected chi connectivity index (χ3v) is 6.88. The number of anilines is 2. The molecule has 2 fully saturated rings. The summed E-state index contributed by atoms with van der Waals surface area (Å²) in [6, 6.07) is 15.0. The molecule has 2 aliphatic heterocycles. The van der Waals surface area contributed by atoms with E-state index in [9.17, 15) is 14.9 Å². The van der Waals surface area contributed by atoms with Crippen LogP contribution in [0, 0.1) is 11.3 Å². The normalized spacial score (nSPS) is 22.1. The molecule has 2 saturated heterocycles. The minimum absolute atomic E-state index is 0.202. The lowest BCUT2D eigenvalue weighted by Crippen LogP contribution is -2.53. The van der Waals surface area contributed by atoms with E-state index in [0.717, 1.165) is 10.5 Å². The third-order valence-electron chi connectivity index (χ3n) is 6.44. The van der Waals surface area contributed by atoms with Crippen molar-refractivity contribution >= 4 is 46.8 Å². The Morgan fingerprint density at radius 2 is 1.71 bits per heavy atom. The van der Waals surface area contributed by atoms with Gasteiger partial charge in [0.2, 0.25) is 5.95 Å². The second-order valence-corrected chi connectivity index (χ2v) is 9.12. The number of hydrogen-bond donors (Lipinski definition) is 0. The molecule has 0 radical (unpaired) electrons. The molecule has 3 amide bonds. The van der Waals surface area contributed by atoms with Crippen LogP contribution in [0.25, 0.3) is 0 Å². The molecule has 0 aliphatic carbocycles. The molecule has 170 valence electrons. The summed E-state index contributed by atoms with van der Waals surface area (Å²) in [5.74, 6) is -0.313. The first kappa shape index (κ1) is 22.1. The number of halogens is 2. The average molecular weight is 493 g/mol. The third kappa shape index (κ3) is 3.36. The minimum atomic E-state index is -1.22. The van der Waals surface area contributed by atoms with Gasteiger partial charge in [-0.1, -0.05) is 35.3 Å². The van der Waals surface area contributed by atoms with Crippen LogP contribution in [0.5, 0.6) is 0 Å². The standard InChI is InChI=1S/C24H18Cl2N6O2/c1-30-23(34)32(19-10-17(25)9-18(26)11-19)21(33)24(30)14-31(22-28-7-2-8-29-22)13-20(24)16-5-3-15(12-27)4-6-16/h2-11,20H,13-14H2,1H3/t20-,24-/m1/s1. The number of nitriles is 1. The highest BCUT2D eigenvalue weighted by Crippen LogP contribution is 2.47. The summed E-state index contributed by atoms with van der Waals surface area (Å²) in [7, 11) is 1.62. The Kier molecular flexibility index (Phi) is 5.39. The highest BCUT2D eigenvalue weighted by molar-refractivity contribution is 6.35. The van der Waals surface area contributed by atoms with E-state index in [2.05, 4.69) is 16.0 Å². The van der Waals surface area contributed by atoms with Crippen LogP contribution in [0.2, 0.25) is 10.0 Å². The van der Waals surface area contributed by atoms with E-state index in [-0.39, 0.29) is 12.5 Å². The Hall–Kier alpha value is -3.67. The predicted octanol–water partition coefficient (Wildman–Crippen LogP) is 4.10. The minimum Gasteiger partial charge on any atom is -0.337 e. The Morgan fingerprint density at radius 1 is 1.06 bits per heavy atom. The summed E-state index contributed by atoms with van der Waals surface area (Å²) in [6.07, 6.45) is 3.27. The van der Waals surface area contributed by atoms with E-state index in [0.29, 0.717) is 33.8 Å². The number of nitrogens with zero attached hydrogens (tertiary/aromatic N) is 6. The number of hydrogen-bond acceptors (Lipinski definition) is 6. The van der Waals surface area contributed by atoms with Gasteiger partial charge in [-0.05, 0) is 42.0 Å². The van der Waals surface area contributed by atoms with Crippen LogP contribution in [-0.4, -0.2) is 52.5 Å². The molecule has 3 heterocycles. The van der Waals surface area contributed by atoms with E-state index < -0.39 is 17.5 Å². The van der Waals surface area contributed by atoms with E-state index in [1.54, 1.807) is 55.8 Å². The van der Waals surface area contributed by atoms with Crippen molar-refractivity contribution in [3.63, 3.8) is 0 Å². The molecule has 2 atom stereocenters. The zero-order valence-corrected chi connectivity index (χ0v) is 19.5. The van der Waals surface area contributed by atoms with Gasteiger partial charge in [-0.2, -0.15) is 5.26 Å². The van der Waals surface area contributed by atoms with Gasteiger partial charge in [0, 0.05) is 41.9 Å². The first-order valence-corrected chi connectivity index (χ1v) is 11.2. The fraction of sp³-hybridized carbons (Fsp3) is 0.208. The molecule has 0 unspecified atom stereocenters. The van der Waals surface area contributed by atoms with Gasteiger partial charge < -0.3 is 9.80 Å². The first-order chi connectivity index (χ1) is 16.3. The van der Waals surface area contributed by atoms with Crippen molar-refractivity contribution in [1.29, 1.82) is 5.26 Å². The molecule has 1 aromatic heterocycles. The molecule has 0 bridgehead atoms. The van der Waals surface area contributed by atoms with Crippen molar-refractivity contribution in [3.05, 3.63) is 82.1 Å². The summed E-state index contributed by atoms with van der Waals surface area (Å²) in [5.41, 5.74) is 0.427. The van der Waals surface area contributed by atoms with E-state index in [4.69, 9.17) is 23.2 Å². The van der Waals surface area contributed by atoms with Gasteiger partial charge in [0.15, 0.2) is 0 Å². The van der Waals surface area contributed by atoms with Crippen LogP contribution < -0.4 is 9.80 Å². The molecule has 5 rings (SSSR count). The maximum atomic E-state index is 14.1. The zero-order chi connectivity index (χ0) is 24.0. The number of rotatable bonds is 3. The van der Waals surface area contributed by atoms with Crippen molar-refractivity contribution < 1.29 is 9.59 Å². The van der Waals surface area contributed by atoms with Crippen LogP contribution in [0.15, 0.2) is 60.9 Å². The summed E-state index contributed by atoms with van der Waals surface area (Å²) in [5, 5.41) is 9.84. The van der Waals surface area contributed by atoms with E-state index in [1.807, 2.05) is 17.0 Å². The van der Waals surface area contributed by atoms with E-state index in [1.165, 1.54) is 4.90 Å². The Bertz CT molecular complexity index is 1310. The highest BCUT2D eigenvalue weighted by atomic mass is 35.5. The van der Waals surface area contributed by atoms with Crippen molar-refractivity contribution in [1.82, 2.24) is 14.9 Å². The molecule has 2 aliphatic rings. The summed E-state index contributed by atoms with van der Waals surface area (Å²) in [4.78, 5) is 40.8. The molecular formula is C24H18Cl2N6O2. The number of aromatic nitrogens is 2. The summed E-state index contributed by atoms with van der Waals surface area (Å²) in [6.45, 7) is 0.608. The number of carbonyl (C=O) groups is 2. The fourth-order valence-electron chi connectivity index (χ4n) is 4.81. The topological polar surface area (TPSA) is 93.4 Å². The van der Waals surface area contributed by atoms with Crippen molar-refractivity contribution in [2.45, 2.75) is 11.5 Å². The van der Waals surface area contributed by atoms with E-state index >= 15 is 0 Å². The summed E-state index contributed by atoms with van der Waals surface area (Å²) >= 11 is 12.3. The lowest BCUT2D eigenvalue weighted by Gasteiger charge is -2.33. The van der Waals surface area contributed by atoms with Gasteiger partial charge in [-0.15, -0.1) is 0 Å². The second-order valence-electron chi connectivity index (χ2n) is 8.25. The quantitative estimate of drug-likeness (QED) is 0.511. The molecule has 3 aromatic rings.